The van der Waals surface area contributed by atoms with Crippen molar-refractivity contribution in [1.29, 1.82) is 10.5 Å². The summed E-state index contributed by atoms with van der Waals surface area (Å²) in [5, 5.41) is 43.1. The number of nitrogens with one attached hydrogen (secondary N) is 1. The first kappa shape index (κ1) is 19.8. The third kappa shape index (κ3) is 3.86. The number of amidine groups is 1. The quantitative estimate of drug-likeness (QED) is 0.269. The maximum Gasteiger partial charge on any atom is 0.269 e. The molecular weight excluding hydrogens is 374 g/mol. The van der Waals surface area contributed by atoms with Gasteiger partial charge in [0.2, 0.25) is 6.19 Å². The largest absolute Gasteiger partial charge is 0.485 e. The number of rotatable bonds is 3. The molecule has 0 aliphatic carbocycles. The summed E-state index contributed by atoms with van der Waals surface area (Å²) in [5.74, 6) is 0.634. The van der Waals surface area contributed by atoms with Gasteiger partial charge in [-0.15, -0.1) is 0 Å². The first-order chi connectivity index (χ1) is 13.8. The molecule has 29 heavy (non-hydrogen) atoms. The van der Waals surface area contributed by atoms with Crippen molar-refractivity contribution >= 4 is 11.5 Å². The number of nitriles is 2. The fourth-order valence-corrected chi connectivity index (χ4v) is 3.14. The van der Waals surface area contributed by atoms with E-state index >= 15 is 0 Å². The van der Waals surface area contributed by atoms with E-state index in [-0.39, 0.29) is 11.5 Å². The van der Waals surface area contributed by atoms with Crippen LogP contribution in [0.1, 0.15) is 36.6 Å². The number of nitrogens with zero attached hydrogens (tertiary/aromatic N) is 4. The molecule has 0 fully saturated rings. The molecular formula is C20H17N5O4. The lowest BCUT2D eigenvalue weighted by atomic mass is 9.85. The molecule has 0 aromatic heterocycles. The lowest BCUT2D eigenvalue weighted by molar-refractivity contribution is -0.384. The average molecular weight is 391 g/mol. The van der Waals surface area contributed by atoms with E-state index in [0.717, 1.165) is 0 Å². The fraction of sp³-hybridized carbons (Fsp3) is 0.250. The summed E-state index contributed by atoms with van der Waals surface area (Å²) in [6.45, 7) is 3.45. The Kier molecular flexibility index (Phi) is 5.18. The Labute approximate surface area is 166 Å². The van der Waals surface area contributed by atoms with Crippen LogP contribution in [0.4, 0.5) is 5.69 Å². The van der Waals surface area contributed by atoms with Crippen molar-refractivity contribution in [3.8, 4) is 18.0 Å². The lowest BCUT2D eigenvalue weighted by Crippen LogP contribution is -2.53. The molecule has 9 heteroatoms. The first-order valence-corrected chi connectivity index (χ1v) is 8.66. The monoisotopic (exact) mass is 391 g/mol. The number of non-ortho nitro benzene ring substituents is 1. The van der Waals surface area contributed by atoms with Gasteiger partial charge in [0.25, 0.3) is 5.69 Å². The Hall–Kier alpha value is -3.95. The highest BCUT2D eigenvalue weighted by Gasteiger charge is 2.43. The van der Waals surface area contributed by atoms with Gasteiger partial charge in [0.15, 0.2) is 0 Å². The topological polar surface area (TPSA) is 145 Å². The highest BCUT2D eigenvalue weighted by molar-refractivity contribution is 5.99. The summed E-state index contributed by atoms with van der Waals surface area (Å²) >= 11 is 0. The van der Waals surface area contributed by atoms with Crippen molar-refractivity contribution in [2.75, 3.05) is 0 Å². The van der Waals surface area contributed by atoms with Crippen molar-refractivity contribution in [2.45, 2.75) is 31.6 Å². The number of benzene rings is 2. The van der Waals surface area contributed by atoms with E-state index in [9.17, 15) is 20.5 Å². The third-order valence-corrected chi connectivity index (χ3v) is 4.68. The summed E-state index contributed by atoms with van der Waals surface area (Å²) in [6, 6.07) is 11.7. The predicted octanol–water partition coefficient (Wildman–Crippen LogP) is 2.56. The van der Waals surface area contributed by atoms with E-state index < -0.39 is 22.7 Å². The average Bonchev–Trinajstić information content (AvgIpc) is 2.70. The van der Waals surface area contributed by atoms with Crippen LogP contribution in [0.2, 0.25) is 0 Å². The molecule has 2 N–H and O–H groups in total. The van der Waals surface area contributed by atoms with Crippen LogP contribution < -0.4 is 10.1 Å². The first-order valence-electron chi connectivity index (χ1n) is 8.66. The number of nitro benzene ring substituents is 1. The van der Waals surface area contributed by atoms with Gasteiger partial charge in [-0.05, 0) is 44.2 Å². The van der Waals surface area contributed by atoms with Crippen molar-refractivity contribution < 1.29 is 14.8 Å². The summed E-state index contributed by atoms with van der Waals surface area (Å²) in [7, 11) is 0. The highest BCUT2D eigenvalue weighted by Crippen LogP contribution is 2.40. The summed E-state index contributed by atoms with van der Waals surface area (Å²) in [5.41, 5.74) is 0.322. The third-order valence-electron chi connectivity index (χ3n) is 4.68. The molecule has 3 rings (SSSR count). The molecule has 0 saturated heterocycles. The molecule has 9 nitrogen and oxygen atoms in total. The van der Waals surface area contributed by atoms with Gasteiger partial charge in [0.05, 0.1) is 22.6 Å². The molecule has 0 saturated carbocycles. The standard InChI is InChI=1S/C20H17N5O4/c1-20(2)18(26)17(15-9-12(10-21)3-8-16(15)29-20)24-19(23-11-22)13-4-6-14(7-5-13)25(27)28/h3-9,17-18,26H,1-2H3,(H,23,24). The summed E-state index contributed by atoms with van der Waals surface area (Å²) < 4.78 is 5.87. The van der Waals surface area contributed by atoms with Crippen LogP contribution in [0.5, 0.6) is 5.75 Å². The molecule has 1 aliphatic heterocycles. The van der Waals surface area contributed by atoms with Crippen LogP contribution in [-0.4, -0.2) is 27.6 Å². The van der Waals surface area contributed by atoms with Crippen LogP contribution in [0.3, 0.4) is 0 Å². The van der Waals surface area contributed by atoms with Crippen molar-refractivity contribution in [3.05, 3.63) is 69.3 Å². The zero-order chi connectivity index (χ0) is 21.2. The Morgan fingerprint density at radius 3 is 2.55 bits per heavy atom. The molecule has 2 aromatic carbocycles. The molecule has 2 atom stereocenters. The van der Waals surface area contributed by atoms with Crippen molar-refractivity contribution in [2.24, 2.45) is 4.99 Å². The smallest absolute Gasteiger partial charge is 0.269 e. The summed E-state index contributed by atoms with van der Waals surface area (Å²) in [6.07, 6.45) is 0.665. The number of hydrogen-bond donors (Lipinski definition) is 2. The molecule has 2 unspecified atom stereocenters. The fourth-order valence-electron chi connectivity index (χ4n) is 3.14. The minimum Gasteiger partial charge on any atom is -0.485 e. The van der Waals surface area contributed by atoms with Crippen LogP contribution >= 0.6 is 0 Å². The Bertz CT molecular complexity index is 1060. The van der Waals surface area contributed by atoms with E-state index in [1.54, 1.807) is 38.2 Å². The number of aliphatic hydroxyl groups excluding tert-OH is 1. The van der Waals surface area contributed by atoms with Gasteiger partial charge in [-0.25, -0.2) is 0 Å². The molecule has 1 aliphatic rings. The maximum atomic E-state index is 10.9. The second-order valence-electron chi connectivity index (χ2n) is 7.00. The number of fused-ring (bicyclic) bond motifs is 1. The van der Waals surface area contributed by atoms with Gasteiger partial charge in [0.1, 0.15) is 23.3 Å². The van der Waals surface area contributed by atoms with E-state index in [2.05, 4.69) is 10.3 Å². The summed E-state index contributed by atoms with van der Waals surface area (Å²) in [4.78, 5) is 14.1. The number of aliphatic imine (C=N–C) groups is 1. The maximum absolute atomic E-state index is 10.9. The number of ether oxygens (including phenoxy) is 1. The molecule has 0 amide bonds. The van der Waals surface area contributed by atoms with E-state index in [1.807, 2.05) is 6.07 Å². The van der Waals surface area contributed by atoms with Crippen LogP contribution in [0.15, 0.2) is 47.5 Å². The Morgan fingerprint density at radius 2 is 1.97 bits per heavy atom. The minimum atomic E-state index is -1.04. The predicted molar refractivity (Wildman–Crippen MR) is 103 cm³/mol. The normalized spacial score (nSPS) is 19.8. The molecule has 0 bridgehead atoms. The van der Waals surface area contributed by atoms with E-state index in [1.165, 1.54) is 24.3 Å². The number of aliphatic hydroxyl groups is 1. The van der Waals surface area contributed by atoms with Crippen LogP contribution in [0, 0.1) is 32.9 Å². The molecule has 0 radical (unpaired) electrons. The molecule has 2 aromatic rings. The van der Waals surface area contributed by atoms with Gasteiger partial charge in [0, 0.05) is 23.3 Å². The number of hydrogen-bond acceptors (Lipinski definition) is 7. The van der Waals surface area contributed by atoms with Crippen LogP contribution in [-0.2, 0) is 0 Å². The molecule has 1 heterocycles. The zero-order valence-electron chi connectivity index (χ0n) is 15.7. The van der Waals surface area contributed by atoms with Gasteiger partial charge >= 0.3 is 0 Å². The minimum absolute atomic E-state index is 0.0960. The zero-order valence-corrected chi connectivity index (χ0v) is 15.7. The van der Waals surface area contributed by atoms with Crippen molar-refractivity contribution in [1.82, 2.24) is 5.32 Å². The molecule has 0 spiro atoms. The SMILES string of the molecule is CC1(C)Oc2ccc(C#N)cc2C(NC(=NC#N)c2ccc([N+](=O)[O-])cc2)C1O. The number of nitro groups is 1. The Morgan fingerprint density at radius 1 is 1.28 bits per heavy atom. The second-order valence-corrected chi connectivity index (χ2v) is 7.00. The van der Waals surface area contributed by atoms with Gasteiger partial charge in [-0.2, -0.15) is 15.5 Å². The molecule has 146 valence electrons. The van der Waals surface area contributed by atoms with E-state index in [0.29, 0.717) is 22.4 Å². The second kappa shape index (κ2) is 7.58. The van der Waals surface area contributed by atoms with Crippen molar-refractivity contribution in [3.63, 3.8) is 0 Å². The lowest BCUT2D eigenvalue weighted by Gasteiger charge is -2.42. The van der Waals surface area contributed by atoms with Gasteiger partial charge in [-0.1, -0.05) is 0 Å². The van der Waals surface area contributed by atoms with Gasteiger partial charge < -0.3 is 15.2 Å². The Balaban J connectivity index is 2.03. The van der Waals surface area contributed by atoms with Crippen LogP contribution in [0.25, 0.3) is 0 Å². The highest BCUT2D eigenvalue weighted by atomic mass is 16.6. The van der Waals surface area contributed by atoms with E-state index in [4.69, 9.17) is 10.00 Å². The van der Waals surface area contributed by atoms with Gasteiger partial charge in [-0.3, -0.25) is 10.1 Å².